The van der Waals surface area contributed by atoms with Gasteiger partial charge >= 0.3 is 5.97 Å². The summed E-state index contributed by atoms with van der Waals surface area (Å²) in [4.78, 5) is 29.5. The Kier molecular flexibility index (Phi) is 7.46. The Labute approximate surface area is 230 Å². The lowest BCUT2D eigenvalue weighted by Gasteiger charge is -2.15. The smallest absolute Gasteiger partial charge is 0.326 e. The number of aliphatic carboxylic acids is 1. The first-order valence-corrected chi connectivity index (χ1v) is 12.6. The van der Waals surface area contributed by atoms with Gasteiger partial charge in [0.2, 0.25) is 5.82 Å². The van der Waals surface area contributed by atoms with Crippen LogP contribution < -0.4 is 10.1 Å². The molecule has 0 spiro atoms. The first-order chi connectivity index (χ1) is 19.3. The van der Waals surface area contributed by atoms with Gasteiger partial charge in [-0.1, -0.05) is 58.7 Å². The van der Waals surface area contributed by atoms with E-state index in [1.165, 1.54) is 13.2 Å². The van der Waals surface area contributed by atoms with Crippen molar-refractivity contribution in [2.45, 2.75) is 26.3 Å². The molecule has 202 valence electrons. The molecule has 0 aliphatic rings. The zero-order valence-corrected chi connectivity index (χ0v) is 22.2. The summed E-state index contributed by atoms with van der Waals surface area (Å²) in [5.41, 5.74) is 4.96. The fourth-order valence-corrected chi connectivity index (χ4v) is 4.20. The van der Waals surface area contributed by atoms with Crippen LogP contribution in [0.2, 0.25) is 0 Å². The molecule has 2 heterocycles. The summed E-state index contributed by atoms with van der Waals surface area (Å²) in [5, 5.41) is 16.5. The van der Waals surface area contributed by atoms with Crippen molar-refractivity contribution in [3.63, 3.8) is 0 Å². The highest BCUT2D eigenvalue weighted by atomic mass is 16.5. The highest BCUT2D eigenvalue weighted by Gasteiger charge is 2.24. The van der Waals surface area contributed by atoms with Gasteiger partial charge in [0.1, 0.15) is 17.6 Å². The number of hydrogen-bond acceptors (Lipinski definition) is 7. The van der Waals surface area contributed by atoms with Crippen molar-refractivity contribution in [1.82, 2.24) is 15.5 Å². The first-order valence-electron chi connectivity index (χ1n) is 12.6. The number of carboxylic acid groups (broad SMARTS) is 1. The summed E-state index contributed by atoms with van der Waals surface area (Å²) in [6.07, 6.45) is 0.00622. The molecule has 0 radical (unpaired) electrons. The van der Waals surface area contributed by atoms with Crippen LogP contribution in [0, 0.1) is 13.8 Å². The zero-order chi connectivity index (χ0) is 28.2. The number of amides is 1. The van der Waals surface area contributed by atoms with Crippen molar-refractivity contribution in [3.8, 4) is 39.9 Å². The van der Waals surface area contributed by atoms with E-state index >= 15 is 0 Å². The average Bonchev–Trinajstić information content (AvgIpc) is 3.64. The number of nitrogens with one attached hydrogen (secondary N) is 1. The van der Waals surface area contributed by atoms with Gasteiger partial charge in [-0.15, -0.1) is 0 Å². The number of methoxy groups -OCH3 is 1. The van der Waals surface area contributed by atoms with Crippen LogP contribution in [0.1, 0.15) is 27.2 Å². The minimum absolute atomic E-state index is 0.00622. The predicted octanol–water partition coefficient (Wildman–Crippen LogP) is 5.71. The number of aryl methyl sites for hydroxylation is 2. The van der Waals surface area contributed by atoms with Crippen LogP contribution >= 0.6 is 0 Å². The van der Waals surface area contributed by atoms with Crippen LogP contribution in [0.4, 0.5) is 0 Å². The van der Waals surface area contributed by atoms with Gasteiger partial charge < -0.3 is 24.1 Å². The van der Waals surface area contributed by atoms with Gasteiger partial charge in [-0.3, -0.25) is 4.79 Å². The molecule has 2 N–H and O–H groups in total. The van der Waals surface area contributed by atoms with Gasteiger partial charge in [-0.25, -0.2) is 4.79 Å². The summed E-state index contributed by atoms with van der Waals surface area (Å²) < 4.78 is 16.7. The number of nitrogens with zero attached hydrogens (tertiary/aromatic N) is 2. The molecule has 40 heavy (non-hydrogen) atoms. The Bertz CT molecular complexity index is 1650. The van der Waals surface area contributed by atoms with Crippen molar-refractivity contribution in [2.24, 2.45) is 0 Å². The minimum atomic E-state index is -1.21. The quantitative estimate of drug-likeness (QED) is 0.245. The molecule has 1 amide bonds. The Morgan fingerprint density at radius 1 is 0.925 bits per heavy atom. The number of carbonyl (C=O) groups excluding carboxylic acids is 1. The van der Waals surface area contributed by atoms with Gasteiger partial charge in [0, 0.05) is 17.5 Å². The minimum Gasteiger partial charge on any atom is -0.496 e. The predicted molar refractivity (Wildman–Crippen MR) is 148 cm³/mol. The lowest BCUT2D eigenvalue weighted by Crippen LogP contribution is -2.42. The van der Waals surface area contributed by atoms with Crippen molar-refractivity contribution in [3.05, 3.63) is 101 Å². The molecule has 5 aromatic rings. The third kappa shape index (κ3) is 5.78. The average molecular weight is 538 g/mol. The fraction of sp³-hybridized carbons (Fsp3) is 0.161. The second-order valence-corrected chi connectivity index (χ2v) is 9.42. The van der Waals surface area contributed by atoms with Crippen LogP contribution in [0.5, 0.6) is 5.75 Å². The molecular formula is C31H27N3O6. The van der Waals surface area contributed by atoms with Crippen molar-refractivity contribution in [1.29, 1.82) is 0 Å². The number of aromatic nitrogens is 2. The molecular weight excluding hydrogens is 510 g/mol. The van der Waals surface area contributed by atoms with Gasteiger partial charge in [0.15, 0.2) is 5.76 Å². The molecule has 0 fully saturated rings. The molecule has 9 heteroatoms. The summed E-state index contributed by atoms with van der Waals surface area (Å²) in [7, 11) is 1.52. The highest BCUT2D eigenvalue weighted by molar-refractivity contribution is 5.94. The van der Waals surface area contributed by atoms with E-state index in [0.717, 1.165) is 22.3 Å². The third-order valence-corrected chi connectivity index (χ3v) is 6.44. The molecule has 9 nitrogen and oxygen atoms in total. The SMILES string of the molecule is COc1ccc(CC(NC(=O)c2ccc(-c3ccc(C)cc3)o2)C(=O)O)cc1-c1noc(-c2ccc(C)cc2)n1. The molecule has 5 rings (SSSR count). The number of ether oxygens (including phenoxy) is 1. The number of hydrogen-bond donors (Lipinski definition) is 2. The number of furan rings is 1. The van der Waals surface area contributed by atoms with Crippen molar-refractivity contribution >= 4 is 11.9 Å². The number of carbonyl (C=O) groups is 2. The van der Waals surface area contributed by atoms with Crippen LogP contribution in [-0.4, -0.2) is 40.3 Å². The summed E-state index contributed by atoms with van der Waals surface area (Å²) in [6.45, 7) is 3.97. The Morgan fingerprint density at radius 3 is 2.25 bits per heavy atom. The van der Waals surface area contributed by atoms with Crippen LogP contribution in [0.25, 0.3) is 34.2 Å². The van der Waals surface area contributed by atoms with Crippen LogP contribution in [0.15, 0.2) is 87.8 Å². The van der Waals surface area contributed by atoms with E-state index in [2.05, 4.69) is 15.5 Å². The van der Waals surface area contributed by atoms with E-state index < -0.39 is 17.9 Å². The molecule has 1 unspecified atom stereocenters. The van der Waals surface area contributed by atoms with E-state index in [-0.39, 0.29) is 12.2 Å². The summed E-state index contributed by atoms with van der Waals surface area (Å²) >= 11 is 0. The number of benzene rings is 3. The zero-order valence-electron chi connectivity index (χ0n) is 22.2. The van der Waals surface area contributed by atoms with Crippen molar-refractivity contribution in [2.75, 3.05) is 7.11 Å². The Morgan fingerprint density at radius 2 is 1.60 bits per heavy atom. The standard InChI is InChI=1S/C31H27N3O6/c1-18-4-9-21(10-5-18)25-14-15-27(39-25)29(35)32-24(31(36)37)17-20-8-13-26(38-3)23(16-20)28-33-30(40-34-28)22-11-6-19(2)7-12-22/h4-16,24H,17H2,1-3H3,(H,32,35)(H,36,37). The van der Waals surface area contributed by atoms with Crippen LogP contribution in [0.3, 0.4) is 0 Å². The molecule has 1 atom stereocenters. The number of rotatable bonds is 9. The maximum Gasteiger partial charge on any atom is 0.326 e. The molecule has 3 aromatic carbocycles. The van der Waals surface area contributed by atoms with Crippen molar-refractivity contribution < 1.29 is 28.4 Å². The van der Waals surface area contributed by atoms with E-state index in [1.807, 2.05) is 62.4 Å². The van der Waals surface area contributed by atoms with E-state index in [9.17, 15) is 14.7 Å². The lowest BCUT2D eigenvalue weighted by atomic mass is 10.0. The maximum atomic E-state index is 12.9. The Hall–Kier alpha value is -5.18. The highest BCUT2D eigenvalue weighted by Crippen LogP contribution is 2.31. The largest absolute Gasteiger partial charge is 0.496 e. The maximum absolute atomic E-state index is 12.9. The first kappa shape index (κ1) is 26.4. The third-order valence-electron chi connectivity index (χ3n) is 6.44. The van der Waals surface area contributed by atoms with E-state index in [0.29, 0.717) is 34.4 Å². The Balaban J connectivity index is 1.34. The number of carboxylic acids is 1. The normalized spacial score (nSPS) is 11.7. The molecule has 0 saturated heterocycles. The monoisotopic (exact) mass is 537 g/mol. The van der Waals surface area contributed by atoms with Gasteiger partial charge in [-0.05, 0) is 55.8 Å². The van der Waals surface area contributed by atoms with E-state index in [4.69, 9.17) is 13.7 Å². The van der Waals surface area contributed by atoms with Gasteiger partial charge in [0.25, 0.3) is 11.8 Å². The molecule has 0 bridgehead atoms. The van der Waals surface area contributed by atoms with Gasteiger partial charge in [0.05, 0.1) is 12.7 Å². The molecule has 0 saturated carbocycles. The molecule has 0 aliphatic heterocycles. The van der Waals surface area contributed by atoms with E-state index in [1.54, 1.807) is 24.3 Å². The fourth-order valence-electron chi connectivity index (χ4n) is 4.20. The summed E-state index contributed by atoms with van der Waals surface area (Å²) in [6, 6.07) is 22.5. The lowest BCUT2D eigenvalue weighted by molar-refractivity contribution is -0.139. The summed E-state index contributed by atoms with van der Waals surface area (Å²) in [5.74, 6) is -0.131. The van der Waals surface area contributed by atoms with Crippen LogP contribution in [-0.2, 0) is 11.2 Å². The second-order valence-electron chi connectivity index (χ2n) is 9.42. The molecule has 0 aliphatic carbocycles. The van der Waals surface area contributed by atoms with Gasteiger partial charge in [-0.2, -0.15) is 4.98 Å². The second kappa shape index (κ2) is 11.3. The molecule has 2 aromatic heterocycles. The topological polar surface area (TPSA) is 128 Å².